The average molecular weight is 130 g/mol. The molecule has 0 aliphatic carbocycles. The highest BCUT2D eigenvalue weighted by atomic mass is 15.3. The highest BCUT2D eigenvalue weighted by molar-refractivity contribution is 4.72. The fourth-order valence-corrected chi connectivity index (χ4v) is 0.586. The van der Waals surface area contributed by atoms with Crippen LogP contribution in [0.2, 0.25) is 0 Å². The molecule has 0 aromatic rings. The highest BCUT2D eigenvalue weighted by Gasteiger charge is 2.18. The largest absolute Gasteiger partial charge is 0.303 e. The highest BCUT2D eigenvalue weighted by Crippen LogP contribution is 2.04. The van der Waals surface area contributed by atoms with E-state index in [1.54, 1.807) is 0 Å². The van der Waals surface area contributed by atoms with Crippen LogP contribution in [0.5, 0.6) is 0 Å². The van der Waals surface area contributed by atoms with Crippen LogP contribution in [0, 0.1) is 0 Å². The molecule has 0 aromatic carbocycles. The van der Waals surface area contributed by atoms with Crippen molar-refractivity contribution in [2.24, 2.45) is 0 Å². The first-order valence-corrected chi connectivity index (χ1v) is 3.44. The minimum absolute atomic E-state index is 0.134. The second-order valence-corrected chi connectivity index (χ2v) is 2.82. The quantitative estimate of drug-likeness (QED) is 0.571. The van der Waals surface area contributed by atoms with Crippen molar-refractivity contribution in [3.05, 3.63) is 0 Å². The van der Waals surface area contributed by atoms with Gasteiger partial charge >= 0.3 is 0 Å². The van der Waals surface area contributed by atoms with Gasteiger partial charge in [-0.05, 0) is 34.5 Å². The third-order valence-corrected chi connectivity index (χ3v) is 2.04. The maximum absolute atomic E-state index is 3.22. The molecular weight excluding hydrogens is 112 g/mol. The third-order valence-electron chi connectivity index (χ3n) is 2.04. The zero-order valence-corrected chi connectivity index (χ0v) is 7.15. The molecule has 0 saturated carbocycles. The zero-order chi connectivity index (χ0) is 7.49. The van der Waals surface area contributed by atoms with Crippen LogP contribution in [0.25, 0.3) is 0 Å². The standard InChI is InChI=1S/C7H18N2/c1-6-9(5)7(2,3)8-4/h8H,6H2,1-5H3. The van der Waals surface area contributed by atoms with E-state index in [4.69, 9.17) is 0 Å². The molecule has 0 atom stereocenters. The van der Waals surface area contributed by atoms with E-state index in [0.29, 0.717) is 0 Å². The first-order chi connectivity index (χ1) is 4.04. The molecule has 56 valence electrons. The van der Waals surface area contributed by atoms with Crippen LogP contribution in [0.4, 0.5) is 0 Å². The Bertz CT molecular complexity index is 79.0. The number of nitrogens with zero attached hydrogens (tertiary/aromatic N) is 1. The summed E-state index contributed by atoms with van der Waals surface area (Å²) in [5.41, 5.74) is 0.134. The number of hydrogen-bond donors (Lipinski definition) is 1. The number of nitrogens with one attached hydrogen (secondary N) is 1. The van der Waals surface area contributed by atoms with Crippen molar-refractivity contribution in [1.82, 2.24) is 10.2 Å². The van der Waals surface area contributed by atoms with Gasteiger partial charge in [-0.3, -0.25) is 4.90 Å². The van der Waals surface area contributed by atoms with Crippen molar-refractivity contribution in [1.29, 1.82) is 0 Å². The topological polar surface area (TPSA) is 15.3 Å². The van der Waals surface area contributed by atoms with Gasteiger partial charge < -0.3 is 5.32 Å². The summed E-state index contributed by atoms with van der Waals surface area (Å²) >= 11 is 0. The van der Waals surface area contributed by atoms with Gasteiger partial charge in [0.05, 0.1) is 5.66 Å². The molecule has 0 unspecified atom stereocenters. The smallest absolute Gasteiger partial charge is 0.0649 e. The molecule has 0 amide bonds. The summed E-state index contributed by atoms with van der Waals surface area (Å²) in [6, 6.07) is 0. The Labute approximate surface area is 58.2 Å². The summed E-state index contributed by atoms with van der Waals surface area (Å²) < 4.78 is 0. The van der Waals surface area contributed by atoms with Crippen LogP contribution >= 0.6 is 0 Å². The number of rotatable bonds is 3. The lowest BCUT2D eigenvalue weighted by Gasteiger charge is -2.34. The Morgan fingerprint density at radius 1 is 1.44 bits per heavy atom. The van der Waals surface area contributed by atoms with Crippen molar-refractivity contribution in [3.63, 3.8) is 0 Å². The average Bonchev–Trinajstić information content (AvgIpc) is 1.86. The molecule has 0 bridgehead atoms. The van der Waals surface area contributed by atoms with Gasteiger partial charge in [-0.1, -0.05) is 6.92 Å². The molecule has 2 nitrogen and oxygen atoms in total. The van der Waals surface area contributed by atoms with E-state index in [-0.39, 0.29) is 5.66 Å². The van der Waals surface area contributed by atoms with E-state index in [1.807, 2.05) is 7.05 Å². The predicted molar refractivity (Wildman–Crippen MR) is 41.4 cm³/mol. The molecule has 0 fully saturated rings. The van der Waals surface area contributed by atoms with Gasteiger partial charge in [0.25, 0.3) is 0 Å². The molecule has 0 spiro atoms. The molecule has 0 rings (SSSR count). The van der Waals surface area contributed by atoms with Crippen LogP contribution in [0.1, 0.15) is 20.8 Å². The van der Waals surface area contributed by atoms with Crippen molar-refractivity contribution >= 4 is 0 Å². The van der Waals surface area contributed by atoms with Gasteiger partial charge in [-0.15, -0.1) is 0 Å². The van der Waals surface area contributed by atoms with Gasteiger partial charge in [0.15, 0.2) is 0 Å². The van der Waals surface area contributed by atoms with Crippen LogP contribution in [-0.4, -0.2) is 31.2 Å². The van der Waals surface area contributed by atoms with Crippen molar-refractivity contribution in [2.75, 3.05) is 20.6 Å². The van der Waals surface area contributed by atoms with E-state index in [9.17, 15) is 0 Å². The Hall–Kier alpha value is -0.0800. The lowest BCUT2D eigenvalue weighted by atomic mass is 10.2. The minimum Gasteiger partial charge on any atom is -0.303 e. The zero-order valence-electron chi connectivity index (χ0n) is 7.15. The van der Waals surface area contributed by atoms with Gasteiger partial charge in [0, 0.05) is 0 Å². The molecule has 0 aliphatic rings. The van der Waals surface area contributed by atoms with Crippen LogP contribution < -0.4 is 5.32 Å². The summed E-state index contributed by atoms with van der Waals surface area (Å²) in [4.78, 5) is 2.26. The van der Waals surface area contributed by atoms with Crippen LogP contribution in [0.15, 0.2) is 0 Å². The van der Waals surface area contributed by atoms with E-state index in [1.165, 1.54) is 0 Å². The van der Waals surface area contributed by atoms with Crippen molar-refractivity contribution < 1.29 is 0 Å². The summed E-state index contributed by atoms with van der Waals surface area (Å²) in [5, 5.41) is 3.22. The van der Waals surface area contributed by atoms with Gasteiger partial charge in [0.2, 0.25) is 0 Å². The monoisotopic (exact) mass is 130 g/mol. The second-order valence-electron chi connectivity index (χ2n) is 2.82. The SMILES string of the molecule is CCN(C)C(C)(C)NC. The Kier molecular flexibility index (Phi) is 3.15. The molecule has 0 aromatic heterocycles. The molecular formula is C7H18N2. The Balaban J connectivity index is 3.80. The summed E-state index contributed by atoms with van der Waals surface area (Å²) in [7, 11) is 4.09. The maximum Gasteiger partial charge on any atom is 0.0649 e. The van der Waals surface area contributed by atoms with E-state index in [2.05, 4.69) is 38.0 Å². The lowest BCUT2D eigenvalue weighted by molar-refractivity contribution is 0.135. The summed E-state index contributed by atoms with van der Waals surface area (Å²) in [6.07, 6.45) is 0. The van der Waals surface area contributed by atoms with Crippen molar-refractivity contribution in [3.8, 4) is 0 Å². The summed E-state index contributed by atoms with van der Waals surface area (Å²) in [6.45, 7) is 7.56. The second kappa shape index (κ2) is 3.18. The van der Waals surface area contributed by atoms with Gasteiger partial charge in [-0.2, -0.15) is 0 Å². The lowest BCUT2D eigenvalue weighted by Crippen LogP contribution is -2.50. The van der Waals surface area contributed by atoms with E-state index >= 15 is 0 Å². The van der Waals surface area contributed by atoms with Crippen LogP contribution in [-0.2, 0) is 0 Å². The molecule has 2 heteroatoms. The maximum atomic E-state index is 3.22. The first-order valence-electron chi connectivity index (χ1n) is 3.44. The Morgan fingerprint density at radius 2 is 1.89 bits per heavy atom. The molecule has 9 heavy (non-hydrogen) atoms. The molecule has 0 radical (unpaired) electrons. The van der Waals surface area contributed by atoms with Gasteiger partial charge in [0.1, 0.15) is 0 Å². The molecule has 0 aliphatic heterocycles. The Morgan fingerprint density at radius 3 is 2.00 bits per heavy atom. The molecule has 0 heterocycles. The molecule has 0 saturated heterocycles. The molecule has 1 N–H and O–H groups in total. The fourth-order valence-electron chi connectivity index (χ4n) is 0.586. The normalized spacial score (nSPS) is 12.7. The summed E-state index contributed by atoms with van der Waals surface area (Å²) in [5.74, 6) is 0. The van der Waals surface area contributed by atoms with Crippen LogP contribution in [0.3, 0.4) is 0 Å². The van der Waals surface area contributed by atoms with Gasteiger partial charge in [-0.25, -0.2) is 0 Å². The fraction of sp³-hybridized carbons (Fsp3) is 1.00. The van der Waals surface area contributed by atoms with Crippen molar-refractivity contribution in [2.45, 2.75) is 26.4 Å². The first kappa shape index (κ1) is 8.92. The number of hydrogen-bond acceptors (Lipinski definition) is 2. The van der Waals surface area contributed by atoms with E-state index < -0.39 is 0 Å². The minimum atomic E-state index is 0.134. The third kappa shape index (κ3) is 2.33. The predicted octanol–water partition coefficient (Wildman–Crippen LogP) is 0.894. The van der Waals surface area contributed by atoms with E-state index in [0.717, 1.165) is 6.54 Å².